The number of hydrogen-bond acceptors (Lipinski definition) is 5. The largest absolute Gasteiger partial charge is 0.325 e. The third kappa shape index (κ3) is 6.59. The van der Waals surface area contributed by atoms with E-state index < -0.39 is 27.8 Å². The Kier molecular flexibility index (Phi) is 8.17. The monoisotopic (exact) mass is 476 g/mol. The van der Waals surface area contributed by atoms with E-state index in [2.05, 4.69) is 10.6 Å². The molecule has 178 valence electrons. The second-order valence-corrected chi connectivity index (χ2v) is 10.1. The molecule has 3 rings (SSSR count). The van der Waals surface area contributed by atoms with Gasteiger partial charge in [-0.15, -0.1) is 0 Å². The molecule has 0 spiro atoms. The van der Waals surface area contributed by atoms with E-state index in [4.69, 9.17) is 0 Å². The minimum Gasteiger partial charge on any atom is -0.325 e. The highest BCUT2D eigenvalue weighted by Crippen LogP contribution is 2.23. The molecule has 1 aliphatic heterocycles. The van der Waals surface area contributed by atoms with E-state index in [1.165, 1.54) is 39.5 Å². The SMILES string of the molecule is C[C@@H](C(=O)Nc1cccc(S(=O)(=O)N2CCCCC2)c1)N(C)CC(=O)Nc1cccc(F)c1. The van der Waals surface area contributed by atoms with Gasteiger partial charge in [0, 0.05) is 24.5 Å². The van der Waals surface area contributed by atoms with Gasteiger partial charge in [-0.05, 0) is 63.2 Å². The molecule has 2 aromatic rings. The Morgan fingerprint density at radius 3 is 2.33 bits per heavy atom. The Bertz CT molecular complexity index is 1100. The van der Waals surface area contributed by atoms with Crippen molar-refractivity contribution in [2.24, 2.45) is 0 Å². The Morgan fingerprint density at radius 2 is 1.67 bits per heavy atom. The number of piperidine rings is 1. The first kappa shape index (κ1) is 24.8. The highest BCUT2D eigenvalue weighted by molar-refractivity contribution is 7.89. The number of sulfonamides is 1. The summed E-state index contributed by atoms with van der Waals surface area (Å²) in [6, 6.07) is 11.1. The Hall–Kier alpha value is -2.82. The van der Waals surface area contributed by atoms with Crippen LogP contribution in [0.1, 0.15) is 26.2 Å². The van der Waals surface area contributed by atoms with Crippen LogP contribution in [0.15, 0.2) is 53.4 Å². The van der Waals surface area contributed by atoms with E-state index in [1.807, 2.05) is 0 Å². The molecule has 10 heteroatoms. The molecule has 1 saturated heterocycles. The third-order valence-corrected chi connectivity index (χ3v) is 7.49. The van der Waals surface area contributed by atoms with Gasteiger partial charge < -0.3 is 10.6 Å². The van der Waals surface area contributed by atoms with Gasteiger partial charge in [-0.25, -0.2) is 12.8 Å². The van der Waals surface area contributed by atoms with Crippen LogP contribution in [0.2, 0.25) is 0 Å². The van der Waals surface area contributed by atoms with Crippen molar-refractivity contribution in [3.05, 3.63) is 54.3 Å². The molecule has 0 aromatic heterocycles. The van der Waals surface area contributed by atoms with Gasteiger partial charge in [0.25, 0.3) is 0 Å². The van der Waals surface area contributed by atoms with Crippen molar-refractivity contribution in [3.8, 4) is 0 Å². The zero-order valence-corrected chi connectivity index (χ0v) is 19.6. The first-order valence-electron chi connectivity index (χ1n) is 10.8. The van der Waals surface area contributed by atoms with Crippen molar-refractivity contribution < 1.29 is 22.4 Å². The summed E-state index contributed by atoms with van der Waals surface area (Å²) in [5, 5.41) is 5.31. The zero-order valence-electron chi connectivity index (χ0n) is 18.8. The second-order valence-electron chi connectivity index (χ2n) is 8.13. The second kappa shape index (κ2) is 10.9. The van der Waals surface area contributed by atoms with E-state index >= 15 is 0 Å². The maximum Gasteiger partial charge on any atom is 0.243 e. The van der Waals surface area contributed by atoms with Crippen LogP contribution in [0.3, 0.4) is 0 Å². The molecule has 0 bridgehead atoms. The first-order chi connectivity index (χ1) is 15.7. The van der Waals surface area contributed by atoms with E-state index in [0.29, 0.717) is 24.5 Å². The topological polar surface area (TPSA) is 98.8 Å². The molecule has 2 amide bonds. The number of carbonyl (C=O) groups is 2. The summed E-state index contributed by atoms with van der Waals surface area (Å²) in [6.45, 7) is 2.55. The van der Waals surface area contributed by atoms with Gasteiger partial charge in [-0.3, -0.25) is 14.5 Å². The van der Waals surface area contributed by atoms with Gasteiger partial charge in [-0.1, -0.05) is 18.6 Å². The molecule has 0 radical (unpaired) electrons. The fraction of sp³-hybridized carbons (Fsp3) is 0.391. The van der Waals surface area contributed by atoms with Crippen LogP contribution in [0, 0.1) is 5.82 Å². The minimum absolute atomic E-state index is 0.0888. The van der Waals surface area contributed by atoms with E-state index in [-0.39, 0.29) is 17.3 Å². The lowest BCUT2D eigenvalue weighted by Gasteiger charge is -2.26. The summed E-state index contributed by atoms with van der Waals surface area (Å²) in [6.07, 6.45) is 2.70. The number of nitrogens with zero attached hydrogens (tertiary/aromatic N) is 2. The molecule has 0 aliphatic carbocycles. The summed E-state index contributed by atoms with van der Waals surface area (Å²) in [5.41, 5.74) is 0.694. The van der Waals surface area contributed by atoms with Gasteiger partial charge in [0.15, 0.2) is 0 Å². The zero-order chi connectivity index (χ0) is 24.0. The molecule has 1 fully saturated rings. The maximum atomic E-state index is 13.3. The molecule has 1 atom stereocenters. The number of benzene rings is 2. The fourth-order valence-electron chi connectivity index (χ4n) is 3.57. The summed E-state index contributed by atoms with van der Waals surface area (Å²) < 4.78 is 40.5. The average Bonchev–Trinajstić information content (AvgIpc) is 2.79. The molecule has 1 aliphatic rings. The smallest absolute Gasteiger partial charge is 0.243 e. The predicted octanol–water partition coefficient (Wildman–Crippen LogP) is 2.90. The Labute approximate surface area is 193 Å². The Morgan fingerprint density at radius 1 is 1.03 bits per heavy atom. The number of rotatable bonds is 8. The Balaban J connectivity index is 1.59. The van der Waals surface area contributed by atoms with E-state index in [1.54, 1.807) is 32.2 Å². The van der Waals surface area contributed by atoms with E-state index in [9.17, 15) is 22.4 Å². The number of nitrogens with one attached hydrogen (secondary N) is 2. The maximum absolute atomic E-state index is 13.3. The van der Waals surface area contributed by atoms with Gasteiger partial charge in [0.2, 0.25) is 21.8 Å². The van der Waals surface area contributed by atoms with Crippen molar-refractivity contribution in [3.63, 3.8) is 0 Å². The molecular weight excluding hydrogens is 447 g/mol. The van der Waals surface area contributed by atoms with Gasteiger partial charge in [0.05, 0.1) is 17.5 Å². The van der Waals surface area contributed by atoms with Gasteiger partial charge >= 0.3 is 0 Å². The molecule has 1 heterocycles. The molecule has 8 nitrogen and oxygen atoms in total. The molecule has 2 N–H and O–H groups in total. The lowest BCUT2D eigenvalue weighted by molar-refractivity contribution is -0.122. The highest BCUT2D eigenvalue weighted by Gasteiger charge is 2.26. The quantitative estimate of drug-likeness (QED) is 0.611. The number of likely N-dealkylation sites (N-methyl/N-ethyl adjacent to an activating group) is 1. The van der Waals surface area contributed by atoms with Crippen LogP contribution in [0.4, 0.5) is 15.8 Å². The third-order valence-electron chi connectivity index (χ3n) is 5.60. The molecule has 0 unspecified atom stereocenters. The van der Waals surface area contributed by atoms with Crippen molar-refractivity contribution >= 4 is 33.2 Å². The molecule has 2 aromatic carbocycles. The normalized spacial score (nSPS) is 15.8. The highest BCUT2D eigenvalue weighted by atomic mass is 32.2. The standard InChI is InChI=1S/C23H29FN4O4S/c1-17(27(2)16-22(29)25-19-9-6-8-18(24)14-19)23(30)26-20-10-7-11-21(15-20)33(31,32)28-12-4-3-5-13-28/h6-11,14-15,17H,3-5,12-13,16H2,1-2H3,(H,25,29)(H,26,30)/t17-/m0/s1. The van der Waals surface area contributed by atoms with Crippen LogP contribution in [-0.2, 0) is 19.6 Å². The fourth-order valence-corrected chi connectivity index (χ4v) is 5.13. The van der Waals surface area contributed by atoms with Crippen LogP contribution < -0.4 is 10.6 Å². The number of carbonyl (C=O) groups excluding carboxylic acids is 2. The number of halogens is 1. The average molecular weight is 477 g/mol. The van der Waals surface area contributed by atoms with Crippen LogP contribution >= 0.6 is 0 Å². The van der Waals surface area contributed by atoms with Crippen molar-refractivity contribution in [1.29, 1.82) is 0 Å². The minimum atomic E-state index is -3.61. The molecule has 0 saturated carbocycles. The molecule has 33 heavy (non-hydrogen) atoms. The summed E-state index contributed by atoms with van der Waals surface area (Å²) >= 11 is 0. The van der Waals surface area contributed by atoms with Crippen molar-refractivity contribution in [1.82, 2.24) is 9.21 Å². The number of hydrogen-bond donors (Lipinski definition) is 2. The van der Waals surface area contributed by atoms with Crippen LogP contribution in [-0.4, -0.2) is 62.2 Å². The lowest BCUT2D eigenvalue weighted by Crippen LogP contribution is -2.43. The van der Waals surface area contributed by atoms with Crippen molar-refractivity contribution in [2.75, 3.05) is 37.3 Å². The van der Waals surface area contributed by atoms with Crippen molar-refractivity contribution in [2.45, 2.75) is 37.1 Å². The van der Waals surface area contributed by atoms with E-state index in [0.717, 1.165) is 19.3 Å². The number of anilines is 2. The lowest BCUT2D eigenvalue weighted by atomic mass is 10.2. The molecular formula is C23H29FN4O4S. The number of amides is 2. The summed E-state index contributed by atoms with van der Waals surface area (Å²) in [4.78, 5) is 26.6. The summed E-state index contributed by atoms with van der Waals surface area (Å²) in [7, 11) is -2.00. The predicted molar refractivity (Wildman–Crippen MR) is 125 cm³/mol. The first-order valence-corrected chi connectivity index (χ1v) is 12.3. The summed E-state index contributed by atoms with van der Waals surface area (Å²) in [5.74, 6) is -1.24. The van der Waals surface area contributed by atoms with Gasteiger partial charge in [-0.2, -0.15) is 4.31 Å². The van der Waals surface area contributed by atoms with Crippen LogP contribution in [0.5, 0.6) is 0 Å². The van der Waals surface area contributed by atoms with Gasteiger partial charge in [0.1, 0.15) is 5.82 Å². The van der Waals surface area contributed by atoms with Crippen LogP contribution in [0.25, 0.3) is 0 Å².